The van der Waals surface area contributed by atoms with E-state index >= 15 is 0 Å². The van der Waals surface area contributed by atoms with Crippen LogP contribution in [-0.2, 0) is 41.9 Å². The maximum absolute atomic E-state index is 12.0. The molecule has 19 nitrogen and oxygen atoms in total. The molecule has 1 amide bonds. The molecule has 378 valence electrons. The van der Waals surface area contributed by atoms with Gasteiger partial charge in [-0.2, -0.15) is 0 Å². The van der Waals surface area contributed by atoms with Gasteiger partial charge in [0.15, 0.2) is 15.8 Å². The normalized spacial score (nSPS) is 15.2. The highest BCUT2D eigenvalue weighted by Gasteiger charge is 2.26. The number of aliphatic hydroxyl groups excluding tert-OH is 3. The average Bonchev–Trinajstić information content (AvgIpc) is 3.84. The molecule has 0 saturated carbocycles. The van der Waals surface area contributed by atoms with Gasteiger partial charge in [-0.1, -0.05) is 88.2 Å². The first-order chi connectivity index (χ1) is 29.1. The molecular weight excluding hydrogens is 901 g/mol. The summed E-state index contributed by atoms with van der Waals surface area (Å²) in [7, 11) is -5.60. The number of carbonyl (C=O) groups is 1. The monoisotopic (exact) mass is 983 g/mol. The number of aromatic nitrogens is 3. The number of nitrogens with one attached hydrogen (secondary N) is 3. The minimum absolute atomic E-state index is 0.00474. The third kappa shape index (κ3) is 27.4. The Bertz CT molecular complexity index is 2170. The lowest BCUT2D eigenvalue weighted by Gasteiger charge is -2.22. The Morgan fingerprint density at radius 1 is 0.723 bits per heavy atom. The van der Waals surface area contributed by atoms with E-state index in [9.17, 15) is 45.4 Å². The van der Waals surface area contributed by atoms with Crippen LogP contribution in [0, 0.1) is 35.5 Å². The van der Waals surface area contributed by atoms with Gasteiger partial charge in [0.1, 0.15) is 10.7 Å². The quantitative estimate of drug-likeness (QED) is 0.132. The second kappa shape index (κ2) is 25.3. The summed E-state index contributed by atoms with van der Waals surface area (Å²) in [5.41, 5.74) is 0.753. The lowest BCUT2D eigenvalue weighted by Crippen LogP contribution is -2.34. The van der Waals surface area contributed by atoms with Gasteiger partial charge in [0.2, 0.25) is 15.9 Å². The Morgan fingerprint density at radius 3 is 1.43 bits per heavy atom. The second-order valence-corrected chi connectivity index (χ2v) is 26.6. The predicted octanol–water partition coefficient (Wildman–Crippen LogP) is 4.78. The average molecular weight is 983 g/mol. The number of hydrogen-bond acceptors (Lipinski definition) is 14. The maximum atomic E-state index is 12.0. The molecule has 0 aromatic carbocycles. The van der Waals surface area contributed by atoms with Gasteiger partial charge in [-0.25, -0.2) is 49.4 Å². The lowest BCUT2D eigenvalue weighted by atomic mass is 9.89. The highest BCUT2D eigenvalue weighted by molar-refractivity contribution is 7.93. The summed E-state index contributed by atoms with van der Waals surface area (Å²) in [5.74, 6) is 1.05. The highest BCUT2D eigenvalue weighted by Crippen LogP contribution is 2.23. The number of nitrogens with zero attached hydrogens (tertiary/aromatic N) is 5. The van der Waals surface area contributed by atoms with Crippen LogP contribution < -0.4 is 14.2 Å². The molecule has 1 aliphatic rings. The number of hydrogen-bond donors (Lipinski definition) is 6. The van der Waals surface area contributed by atoms with Gasteiger partial charge < -0.3 is 29.3 Å². The van der Waals surface area contributed by atoms with Crippen molar-refractivity contribution < 1.29 is 49.9 Å². The van der Waals surface area contributed by atoms with Gasteiger partial charge in [-0.05, 0) is 67.8 Å². The number of aliphatic imine (C=N–C) groups is 1. The van der Waals surface area contributed by atoms with Crippen LogP contribution in [0.5, 0.6) is 0 Å². The molecule has 2 aromatic heterocycles. The summed E-state index contributed by atoms with van der Waals surface area (Å²) in [6.07, 6.45) is 4.83. The zero-order chi connectivity index (χ0) is 51.2. The zero-order valence-electron chi connectivity index (χ0n) is 42.2. The van der Waals surface area contributed by atoms with E-state index in [1.807, 2.05) is 62.3 Å². The molecule has 1 aliphatic heterocycles. The molecule has 0 aliphatic carbocycles. The van der Waals surface area contributed by atoms with E-state index in [1.165, 1.54) is 13.1 Å². The molecule has 0 spiro atoms. The van der Waals surface area contributed by atoms with E-state index in [4.69, 9.17) is 4.52 Å². The zero-order valence-corrected chi connectivity index (χ0v) is 44.6. The Kier molecular flexibility index (Phi) is 24.1. The van der Waals surface area contributed by atoms with E-state index < -0.39 is 48.4 Å². The van der Waals surface area contributed by atoms with Gasteiger partial charge in [0, 0.05) is 65.5 Å². The molecule has 65 heavy (non-hydrogen) atoms. The van der Waals surface area contributed by atoms with Crippen molar-refractivity contribution in [2.75, 3.05) is 33.7 Å². The third-order valence-electron chi connectivity index (χ3n) is 8.76. The molecule has 0 bridgehead atoms. The Balaban J connectivity index is 0.000000859. The second-order valence-electron chi connectivity index (χ2n) is 21.4. The minimum Gasteiger partial charge on any atom is -0.392 e. The number of rotatable bonds is 16. The van der Waals surface area contributed by atoms with Gasteiger partial charge in [-0.3, -0.25) is 4.79 Å². The van der Waals surface area contributed by atoms with E-state index in [2.05, 4.69) is 50.1 Å². The smallest absolute Gasteiger partial charge is 0.259 e. The molecule has 3 atom stereocenters. The molecule has 2 aromatic rings. The van der Waals surface area contributed by atoms with Crippen molar-refractivity contribution in [3.05, 3.63) is 35.1 Å². The summed E-state index contributed by atoms with van der Waals surface area (Å²) in [4.78, 5) is 20.6. The van der Waals surface area contributed by atoms with Gasteiger partial charge in [0.05, 0.1) is 24.5 Å². The number of imidazole rings is 1. The Labute approximate surface area is 390 Å². The third-order valence-corrected chi connectivity index (χ3v) is 12.9. The highest BCUT2D eigenvalue weighted by atomic mass is 32.2. The molecule has 3 heterocycles. The SMILES string of the molecule is CC1=NC(S(=O)(=O)NCC(O)CC(C)(C)C)=CC1.CN(C)C(=O)CC(C)(C)C.Cc1nc(S(=O)(=O)NCC(O)CC(C)(C)C)cn1C.Cc1oncc1S(=O)(=O)NCC(O)CC(C)(C)C. The Morgan fingerprint density at radius 2 is 1.14 bits per heavy atom. The first-order valence-electron chi connectivity index (χ1n) is 21.4. The number of aryl methyl sites for hydroxylation is 3. The summed E-state index contributed by atoms with van der Waals surface area (Å²) in [5, 5.41) is 32.8. The predicted molar refractivity (Wildman–Crippen MR) is 255 cm³/mol. The number of allylic oxidation sites excluding steroid dienone is 1. The van der Waals surface area contributed by atoms with Crippen molar-refractivity contribution in [3.8, 4) is 0 Å². The van der Waals surface area contributed by atoms with E-state index in [-0.39, 0.29) is 67.9 Å². The molecule has 3 rings (SSSR count). The van der Waals surface area contributed by atoms with E-state index in [0.717, 1.165) is 11.9 Å². The van der Waals surface area contributed by atoms with Crippen molar-refractivity contribution in [3.63, 3.8) is 0 Å². The van der Waals surface area contributed by atoms with Crippen molar-refractivity contribution in [1.82, 2.24) is 33.8 Å². The lowest BCUT2D eigenvalue weighted by molar-refractivity contribution is -0.130. The first kappa shape index (κ1) is 61.9. The fourth-order valence-electron chi connectivity index (χ4n) is 5.68. The first-order valence-corrected chi connectivity index (χ1v) is 25.9. The van der Waals surface area contributed by atoms with Gasteiger partial charge in [0.25, 0.3) is 20.0 Å². The molecule has 6 N–H and O–H groups in total. The van der Waals surface area contributed by atoms with E-state index in [1.54, 1.807) is 50.5 Å². The molecule has 0 radical (unpaired) electrons. The summed E-state index contributed by atoms with van der Waals surface area (Å²) in [6, 6.07) is 0. The van der Waals surface area contributed by atoms with Gasteiger partial charge >= 0.3 is 0 Å². The fraction of sp³-hybridized carbons (Fsp3) is 0.767. The van der Waals surface area contributed by atoms with Crippen LogP contribution in [0.3, 0.4) is 0 Å². The van der Waals surface area contributed by atoms with Crippen molar-refractivity contribution in [1.29, 1.82) is 0 Å². The number of sulfonamides is 3. The molecule has 0 saturated heterocycles. The van der Waals surface area contributed by atoms with Crippen LogP contribution in [0.4, 0.5) is 0 Å². The van der Waals surface area contributed by atoms with Crippen LogP contribution in [-0.4, -0.2) is 124 Å². The molecule has 22 heteroatoms. The van der Waals surface area contributed by atoms with Crippen molar-refractivity contribution in [2.24, 2.45) is 33.7 Å². The van der Waals surface area contributed by atoms with E-state index in [0.29, 0.717) is 37.9 Å². The summed E-state index contributed by atoms with van der Waals surface area (Å²) < 4.78 is 84.8. The number of carbonyl (C=O) groups excluding carboxylic acids is 1. The maximum Gasteiger partial charge on any atom is 0.259 e. The van der Waals surface area contributed by atoms with Crippen LogP contribution >= 0.6 is 0 Å². The largest absolute Gasteiger partial charge is 0.392 e. The fourth-order valence-corrected chi connectivity index (χ4v) is 9.09. The standard InChI is InChI=1S/C12H23N3O3S.C12H22N2O3S.C11H20N2O4S.C8H17NO/c1-9-14-11(8-15(9)5)19(17,18)13-7-10(16)6-12(2,3)4;1-9-5-6-11(14-9)18(16,17)13-8-10(15)7-12(2,3)4;1-8-10(7-12-17-8)18(15,16)13-6-9(14)5-11(2,3)4;1-8(2,3)6-7(10)9(4)5/h8,10,13,16H,6-7H2,1-5H3;6,10,13,15H,5,7-8H2,1-4H3;7,9,13-14H,5-6H2,1-4H3;6H2,1-5H3. The van der Waals surface area contributed by atoms with Crippen LogP contribution in [0.25, 0.3) is 0 Å². The summed E-state index contributed by atoms with van der Waals surface area (Å²) in [6.45, 7) is 29.1. The minimum atomic E-state index is -3.66. The van der Waals surface area contributed by atoms with Crippen molar-refractivity contribution in [2.45, 2.75) is 164 Å². The van der Waals surface area contributed by atoms with Crippen LogP contribution in [0.1, 0.15) is 134 Å². The van der Waals surface area contributed by atoms with Crippen LogP contribution in [0.2, 0.25) is 0 Å². The molecule has 0 fully saturated rings. The van der Waals surface area contributed by atoms with Gasteiger partial charge in [-0.15, -0.1) is 0 Å². The molecule has 3 unspecified atom stereocenters. The van der Waals surface area contributed by atoms with Crippen LogP contribution in [0.15, 0.2) is 42.9 Å². The molecular formula is C43H82N8O11S3. The topological polar surface area (TPSA) is 276 Å². The number of aliphatic hydroxyl groups is 3. The Hall–Kier alpha value is -3.09. The number of amides is 1. The summed E-state index contributed by atoms with van der Waals surface area (Å²) >= 11 is 0. The van der Waals surface area contributed by atoms with Crippen molar-refractivity contribution >= 4 is 41.7 Å².